The number of alkyl halides is 3. The van der Waals surface area contributed by atoms with Gasteiger partial charge < -0.3 is 11.1 Å². The predicted octanol–water partition coefficient (Wildman–Crippen LogP) is 2.10. The van der Waals surface area contributed by atoms with Crippen molar-refractivity contribution in [2.75, 3.05) is 0 Å². The monoisotopic (exact) mass is 287 g/mol. The highest BCUT2D eigenvalue weighted by Crippen LogP contribution is 2.27. The van der Waals surface area contributed by atoms with Gasteiger partial charge in [-0.25, -0.2) is 0 Å². The van der Waals surface area contributed by atoms with Crippen LogP contribution in [0.3, 0.4) is 0 Å². The largest absolute Gasteiger partial charge is 0.433 e. The van der Waals surface area contributed by atoms with Crippen molar-refractivity contribution in [3.63, 3.8) is 0 Å². The molecule has 0 saturated heterocycles. The molecule has 1 amide bonds. The van der Waals surface area contributed by atoms with Crippen molar-refractivity contribution in [1.29, 1.82) is 0 Å². The van der Waals surface area contributed by atoms with Gasteiger partial charge in [0.15, 0.2) is 0 Å². The van der Waals surface area contributed by atoms with E-state index in [-0.39, 0.29) is 17.6 Å². The molecule has 2 atom stereocenters. The second-order valence-electron chi connectivity index (χ2n) is 4.96. The maximum Gasteiger partial charge on any atom is 0.433 e. The minimum absolute atomic E-state index is 0.102. The lowest BCUT2D eigenvalue weighted by Gasteiger charge is -2.29. The Morgan fingerprint density at radius 2 is 2.00 bits per heavy atom. The Labute approximate surface area is 114 Å². The van der Waals surface area contributed by atoms with Gasteiger partial charge in [0.25, 0.3) is 5.91 Å². The van der Waals surface area contributed by atoms with E-state index in [1.165, 1.54) is 0 Å². The molecule has 1 aromatic heterocycles. The maximum atomic E-state index is 12.4. The number of amides is 1. The van der Waals surface area contributed by atoms with Crippen LogP contribution in [0.15, 0.2) is 18.3 Å². The Balaban J connectivity index is 2.02. The lowest BCUT2D eigenvalue weighted by atomic mass is 9.91. The van der Waals surface area contributed by atoms with E-state index >= 15 is 0 Å². The Bertz CT molecular complexity index is 473. The highest BCUT2D eigenvalue weighted by molar-refractivity contribution is 5.94. The average Bonchev–Trinajstić information content (AvgIpc) is 2.40. The Hall–Kier alpha value is -1.63. The Morgan fingerprint density at radius 3 is 2.55 bits per heavy atom. The van der Waals surface area contributed by atoms with E-state index in [1.807, 2.05) is 0 Å². The van der Waals surface area contributed by atoms with Gasteiger partial charge in [0.05, 0.1) is 5.56 Å². The van der Waals surface area contributed by atoms with Crippen LogP contribution in [-0.2, 0) is 6.18 Å². The Morgan fingerprint density at radius 1 is 1.30 bits per heavy atom. The summed E-state index contributed by atoms with van der Waals surface area (Å²) in [6.07, 6.45) is 0.101. The molecule has 110 valence electrons. The highest BCUT2D eigenvalue weighted by atomic mass is 19.4. The molecule has 0 aliphatic heterocycles. The highest BCUT2D eigenvalue weighted by Gasteiger charge is 2.32. The van der Waals surface area contributed by atoms with Gasteiger partial charge in [0.2, 0.25) is 0 Å². The molecule has 4 nitrogen and oxygen atoms in total. The molecule has 1 fully saturated rings. The molecule has 7 heteroatoms. The molecule has 1 saturated carbocycles. The van der Waals surface area contributed by atoms with E-state index in [1.54, 1.807) is 0 Å². The zero-order chi connectivity index (χ0) is 14.8. The zero-order valence-electron chi connectivity index (χ0n) is 10.8. The fourth-order valence-electron chi connectivity index (χ4n) is 2.29. The van der Waals surface area contributed by atoms with Crippen LogP contribution in [0.2, 0.25) is 0 Å². The number of halogens is 3. The van der Waals surface area contributed by atoms with Crippen molar-refractivity contribution >= 4 is 5.91 Å². The number of nitrogens with zero attached hydrogens (tertiary/aromatic N) is 1. The van der Waals surface area contributed by atoms with Crippen LogP contribution in [0.4, 0.5) is 13.2 Å². The van der Waals surface area contributed by atoms with Crippen LogP contribution in [0, 0.1) is 0 Å². The second kappa shape index (κ2) is 5.78. The standard InChI is InChI=1S/C13H16F3N3O/c14-13(15,16)11-6-5-8(7-18-11)12(20)19-10-4-2-1-3-9(10)17/h5-7,9-10H,1-4,17H2,(H,19,20)/t9-,10-/m1/s1. The van der Waals surface area contributed by atoms with Gasteiger partial charge in [-0.1, -0.05) is 12.8 Å². The van der Waals surface area contributed by atoms with E-state index in [9.17, 15) is 18.0 Å². The molecule has 1 aliphatic rings. The summed E-state index contributed by atoms with van der Waals surface area (Å²) in [7, 11) is 0. The summed E-state index contributed by atoms with van der Waals surface area (Å²) in [6, 6.07) is 1.70. The number of carbonyl (C=O) groups excluding carboxylic acids is 1. The number of hydrogen-bond acceptors (Lipinski definition) is 3. The number of nitrogens with one attached hydrogen (secondary N) is 1. The van der Waals surface area contributed by atoms with Crippen molar-refractivity contribution in [3.8, 4) is 0 Å². The molecule has 20 heavy (non-hydrogen) atoms. The summed E-state index contributed by atoms with van der Waals surface area (Å²) in [4.78, 5) is 15.2. The quantitative estimate of drug-likeness (QED) is 0.875. The molecule has 0 aromatic carbocycles. The fraction of sp³-hybridized carbons (Fsp3) is 0.538. The lowest BCUT2D eigenvalue weighted by Crippen LogP contribution is -2.49. The Kier molecular flexibility index (Phi) is 4.27. The van der Waals surface area contributed by atoms with Crippen molar-refractivity contribution in [2.24, 2.45) is 5.73 Å². The van der Waals surface area contributed by atoms with E-state index in [4.69, 9.17) is 5.73 Å². The van der Waals surface area contributed by atoms with Crippen LogP contribution < -0.4 is 11.1 Å². The molecule has 1 aliphatic carbocycles. The number of nitrogens with two attached hydrogens (primary N) is 1. The van der Waals surface area contributed by atoms with E-state index < -0.39 is 17.8 Å². The third kappa shape index (κ3) is 3.47. The first-order valence-corrected chi connectivity index (χ1v) is 6.47. The molecule has 1 aromatic rings. The van der Waals surface area contributed by atoms with Gasteiger partial charge in [-0.05, 0) is 25.0 Å². The number of carbonyl (C=O) groups is 1. The van der Waals surface area contributed by atoms with Gasteiger partial charge in [-0.2, -0.15) is 13.2 Å². The lowest BCUT2D eigenvalue weighted by molar-refractivity contribution is -0.141. The van der Waals surface area contributed by atoms with Gasteiger partial charge in [-0.3, -0.25) is 9.78 Å². The van der Waals surface area contributed by atoms with Gasteiger partial charge in [-0.15, -0.1) is 0 Å². The normalized spacial score (nSPS) is 23.4. The zero-order valence-corrected chi connectivity index (χ0v) is 10.8. The summed E-state index contributed by atoms with van der Waals surface area (Å²) in [5.41, 5.74) is 5.00. The van der Waals surface area contributed by atoms with Gasteiger partial charge in [0.1, 0.15) is 5.69 Å². The van der Waals surface area contributed by atoms with Crippen molar-refractivity contribution in [1.82, 2.24) is 10.3 Å². The van der Waals surface area contributed by atoms with Gasteiger partial charge in [0, 0.05) is 18.3 Å². The summed E-state index contributed by atoms with van der Waals surface area (Å²) in [5.74, 6) is -0.437. The summed E-state index contributed by atoms with van der Waals surface area (Å²) in [6.45, 7) is 0. The van der Waals surface area contributed by atoms with E-state index in [2.05, 4.69) is 10.3 Å². The molecule has 3 N–H and O–H groups in total. The van der Waals surface area contributed by atoms with Crippen LogP contribution in [0.1, 0.15) is 41.7 Å². The first-order chi connectivity index (χ1) is 9.38. The number of rotatable bonds is 2. The molecule has 0 bridgehead atoms. The summed E-state index contributed by atoms with van der Waals surface area (Å²) >= 11 is 0. The average molecular weight is 287 g/mol. The molecular weight excluding hydrogens is 271 g/mol. The third-order valence-electron chi connectivity index (χ3n) is 3.45. The molecular formula is C13H16F3N3O. The van der Waals surface area contributed by atoms with Crippen molar-refractivity contribution in [3.05, 3.63) is 29.6 Å². The van der Waals surface area contributed by atoms with Gasteiger partial charge >= 0.3 is 6.18 Å². The topological polar surface area (TPSA) is 68.0 Å². The van der Waals surface area contributed by atoms with Crippen LogP contribution >= 0.6 is 0 Å². The maximum absolute atomic E-state index is 12.4. The van der Waals surface area contributed by atoms with E-state index in [0.29, 0.717) is 0 Å². The number of hydrogen-bond donors (Lipinski definition) is 2. The van der Waals surface area contributed by atoms with Crippen molar-refractivity contribution in [2.45, 2.75) is 43.9 Å². The predicted molar refractivity (Wildman–Crippen MR) is 66.9 cm³/mol. The molecule has 0 unspecified atom stereocenters. The minimum atomic E-state index is -4.50. The summed E-state index contributed by atoms with van der Waals surface area (Å²) in [5, 5.41) is 2.76. The smallest absolute Gasteiger partial charge is 0.348 e. The number of pyridine rings is 1. The SMILES string of the molecule is N[C@@H]1CCCC[C@H]1NC(=O)c1ccc(C(F)(F)F)nc1. The number of aromatic nitrogens is 1. The molecule has 2 rings (SSSR count). The third-order valence-corrected chi connectivity index (χ3v) is 3.45. The first-order valence-electron chi connectivity index (χ1n) is 6.47. The second-order valence-corrected chi connectivity index (χ2v) is 4.96. The fourth-order valence-corrected chi connectivity index (χ4v) is 2.29. The van der Waals surface area contributed by atoms with Crippen LogP contribution in [-0.4, -0.2) is 23.0 Å². The van der Waals surface area contributed by atoms with Crippen molar-refractivity contribution < 1.29 is 18.0 Å². The molecule has 0 radical (unpaired) electrons. The first kappa shape index (κ1) is 14.8. The van der Waals surface area contributed by atoms with Crippen LogP contribution in [0.5, 0.6) is 0 Å². The molecule has 1 heterocycles. The minimum Gasteiger partial charge on any atom is -0.348 e. The molecule has 0 spiro atoms. The van der Waals surface area contributed by atoms with E-state index in [0.717, 1.165) is 44.0 Å². The summed E-state index contributed by atoms with van der Waals surface area (Å²) < 4.78 is 37.1. The van der Waals surface area contributed by atoms with Crippen LogP contribution in [0.25, 0.3) is 0 Å².